The summed E-state index contributed by atoms with van der Waals surface area (Å²) in [6.45, 7) is 21.6. The Bertz CT molecular complexity index is 1320. The van der Waals surface area contributed by atoms with Gasteiger partial charge < -0.3 is 15.4 Å². The van der Waals surface area contributed by atoms with Gasteiger partial charge in [-0.25, -0.2) is 0 Å². The zero-order valence-corrected chi connectivity index (χ0v) is 28.0. The van der Waals surface area contributed by atoms with E-state index in [9.17, 15) is 0 Å². The van der Waals surface area contributed by atoms with E-state index in [1.54, 1.807) is 6.07 Å². The van der Waals surface area contributed by atoms with Crippen LogP contribution in [0.1, 0.15) is 36.5 Å². The number of para-hydroxylation sites is 1. The van der Waals surface area contributed by atoms with E-state index in [0.717, 1.165) is 42.2 Å². The number of carbonyl (C=O) groups is 1. The van der Waals surface area contributed by atoms with Crippen LogP contribution in [-0.4, -0.2) is 31.8 Å². The topological polar surface area (TPSA) is 61.6 Å². The third kappa shape index (κ3) is 12.1. The molecular weight excluding hydrogens is 587 g/mol. The molecule has 1 fully saturated rings. The number of aryl methyl sites for hydroxylation is 3. The lowest BCUT2D eigenvalue weighted by Crippen LogP contribution is -2.44. The van der Waals surface area contributed by atoms with E-state index in [0.29, 0.717) is 10.4 Å². The molecule has 1 saturated carbocycles. The maximum Gasteiger partial charge on any atom is 0.106 e. The molecule has 0 radical (unpaired) electrons. The van der Waals surface area contributed by atoms with Gasteiger partial charge in [0, 0.05) is 40.4 Å². The first kappa shape index (κ1) is 38.3. The summed E-state index contributed by atoms with van der Waals surface area (Å²) in [7, 11) is 2.21. The molecule has 0 amide bonds. The summed E-state index contributed by atoms with van der Waals surface area (Å²) in [5.41, 5.74) is 16.3. The normalized spacial score (nSPS) is 14.0. The fourth-order valence-electron chi connectivity index (χ4n) is 5.04. The first-order chi connectivity index (χ1) is 21.2. The molecular formula is C37H48Cl2N4O. The number of hydrogen-bond acceptors (Lipinski definition) is 5. The van der Waals surface area contributed by atoms with Crippen LogP contribution < -0.4 is 16.2 Å². The molecule has 5 rings (SSSR count). The molecule has 1 aliphatic carbocycles. The minimum absolute atomic E-state index is 0.354. The molecule has 236 valence electrons. The lowest BCUT2D eigenvalue weighted by atomic mass is 9.93. The third-order valence-electron chi connectivity index (χ3n) is 7.16. The maximum absolute atomic E-state index is 8.00. The third-order valence-corrected chi connectivity index (χ3v) is 7.75. The predicted octanol–water partition coefficient (Wildman–Crippen LogP) is 8.93. The number of carbonyl (C=O) groups excluding carboxylic acids is 1. The number of hydrogen-bond donors (Lipinski definition) is 2. The summed E-state index contributed by atoms with van der Waals surface area (Å²) in [5, 5.41) is 3.48. The van der Waals surface area contributed by atoms with Gasteiger partial charge in [-0.2, -0.15) is 0 Å². The number of nitrogens with one attached hydrogen (secondary N) is 1. The Morgan fingerprint density at radius 2 is 1.55 bits per heavy atom. The summed E-state index contributed by atoms with van der Waals surface area (Å²) in [4.78, 5) is 10.4. The molecule has 0 aromatic heterocycles. The zero-order valence-electron chi connectivity index (χ0n) is 26.5. The molecule has 44 heavy (non-hydrogen) atoms. The highest BCUT2D eigenvalue weighted by Crippen LogP contribution is 2.54. The largest absolute Gasteiger partial charge is 0.405 e. The van der Waals surface area contributed by atoms with Crippen molar-refractivity contribution in [3.63, 3.8) is 0 Å². The van der Waals surface area contributed by atoms with Gasteiger partial charge in [-0.05, 0) is 93.7 Å². The molecule has 3 aromatic rings. The lowest BCUT2D eigenvalue weighted by Gasteiger charge is -2.37. The van der Waals surface area contributed by atoms with E-state index in [4.69, 9.17) is 28.0 Å². The quantitative estimate of drug-likeness (QED) is 0.201. The number of rotatable bonds is 7. The Balaban J connectivity index is 0.000000370. The van der Waals surface area contributed by atoms with E-state index >= 15 is 0 Å². The van der Waals surface area contributed by atoms with Crippen LogP contribution >= 0.6 is 23.2 Å². The Labute approximate surface area is 275 Å². The number of nitrogens with zero attached hydrogens (tertiary/aromatic N) is 2. The Morgan fingerprint density at radius 1 is 0.955 bits per heavy atom. The molecule has 0 unspecified atom stereocenters. The molecule has 7 heteroatoms. The van der Waals surface area contributed by atoms with E-state index < -0.39 is 0 Å². The van der Waals surface area contributed by atoms with E-state index in [2.05, 4.69) is 112 Å². The second-order valence-corrected chi connectivity index (χ2v) is 11.4. The van der Waals surface area contributed by atoms with Crippen molar-refractivity contribution in [2.75, 3.05) is 25.1 Å². The summed E-state index contributed by atoms with van der Waals surface area (Å²) in [6, 6.07) is 24.6. The van der Waals surface area contributed by atoms with Crippen LogP contribution in [0.15, 0.2) is 123 Å². The van der Waals surface area contributed by atoms with Gasteiger partial charge in [-0.1, -0.05) is 90.5 Å². The number of benzene rings is 3. The van der Waals surface area contributed by atoms with Gasteiger partial charge in [0.05, 0.1) is 5.69 Å². The number of halogens is 2. The molecule has 0 bridgehead atoms. The first-order valence-corrected chi connectivity index (χ1v) is 15.2. The number of hydrazine groups is 1. The van der Waals surface area contributed by atoms with Crippen LogP contribution in [0.4, 0.5) is 5.69 Å². The van der Waals surface area contributed by atoms with Gasteiger partial charge in [0.2, 0.25) is 0 Å². The SMILES string of the molecule is C=C.C=CN.C=CN(NC1=C(C)CN(C)CC12CC2)c1ccccc1.C=O.Cc1ccc(CCc2ccc(Cl)cc2Cl)cc1. The highest BCUT2D eigenvalue weighted by molar-refractivity contribution is 6.35. The van der Waals surface area contributed by atoms with Crippen molar-refractivity contribution in [1.29, 1.82) is 0 Å². The van der Waals surface area contributed by atoms with Crippen LogP contribution in [0.3, 0.4) is 0 Å². The minimum atomic E-state index is 0.354. The number of anilines is 1. The van der Waals surface area contributed by atoms with Gasteiger partial charge in [-0.15, -0.1) is 13.2 Å². The highest BCUT2D eigenvalue weighted by Gasteiger charge is 2.50. The Kier molecular flexibility index (Phi) is 17.6. The van der Waals surface area contributed by atoms with Gasteiger partial charge in [-0.3, -0.25) is 10.4 Å². The highest BCUT2D eigenvalue weighted by atomic mass is 35.5. The number of likely N-dealkylation sites (N-methyl/N-ethyl adjacent to an activating group) is 1. The fourth-order valence-corrected chi connectivity index (χ4v) is 5.55. The van der Waals surface area contributed by atoms with Gasteiger partial charge >= 0.3 is 0 Å². The van der Waals surface area contributed by atoms with Crippen molar-refractivity contribution in [2.45, 2.75) is 39.5 Å². The van der Waals surface area contributed by atoms with Crippen molar-refractivity contribution in [2.24, 2.45) is 11.1 Å². The summed E-state index contributed by atoms with van der Waals surface area (Å²) in [6.07, 6.45) is 7.62. The van der Waals surface area contributed by atoms with Crippen LogP contribution in [-0.2, 0) is 17.6 Å². The summed E-state index contributed by atoms with van der Waals surface area (Å²) in [5.74, 6) is 0. The minimum Gasteiger partial charge on any atom is -0.405 e. The monoisotopic (exact) mass is 634 g/mol. The Morgan fingerprint density at radius 3 is 2.07 bits per heavy atom. The molecule has 5 nitrogen and oxygen atoms in total. The fraction of sp³-hybridized carbons (Fsp3) is 0.270. The van der Waals surface area contributed by atoms with E-state index in [-0.39, 0.29) is 0 Å². The molecule has 2 aliphatic rings. The molecule has 0 saturated heterocycles. The van der Waals surface area contributed by atoms with Gasteiger partial charge in [0.15, 0.2) is 0 Å². The maximum atomic E-state index is 8.00. The molecule has 1 aliphatic heterocycles. The smallest absolute Gasteiger partial charge is 0.106 e. The van der Waals surface area contributed by atoms with Crippen LogP contribution in [0.25, 0.3) is 0 Å². The van der Waals surface area contributed by atoms with Gasteiger partial charge in [0.25, 0.3) is 0 Å². The number of nitrogens with two attached hydrogens (primary N) is 1. The van der Waals surface area contributed by atoms with Crippen LogP contribution in [0.2, 0.25) is 10.0 Å². The van der Waals surface area contributed by atoms with Crippen molar-refractivity contribution in [3.8, 4) is 0 Å². The molecule has 1 spiro atoms. The van der Waals surface area contributed by atoms with Crippen molar-refractivity contribution < 1.29 is 4.79 Å². The molecule has 3 aromatic carbocycles. The molecule has 3 N–H and O–H groups in total. The van der Waals surface area contributed by atoms with Gasteiger partial charge in [0.1, 0.15) is 6.79 Å². The second-order valence-electron chi connectivity index (χ2n) is 10.6. The second kappa shape index (κ2) is 20.2. The van der Waals surface area contributed by atoms with Crippen LogP contribution in [0, 0.1) is 12.3 Å². The molecule has 1 heterocycles. The van der Waals surface area contributed by atoms with E-state index in [1.165, 1.54) is 41.4 Å². The zero-order chi connectivity index (χ0) is 33.1. The average molecular weight is 636 g/mol. The summed E-state index contributed by atoms with van der Waals surface area (Å²) < 4.78 is 0. The predicted molar refractivity (Wildman–Crippen MR) is 192 cm³/mol. The Hall–Kier alpha value is -3.77. The average Bonchev–Trinajstić information content (AvgIpc) is 3.79. The first-order valence-electron chi connectivity index (χ1n) is 14.4. The van der Waals surface area contributed by atoms with Crippen molar-refractivity contribution >= 4 is 35.7 Å². The standard InChI is InChI=1S/C17H23N3.C15H14Cl2.C2H5N.C2H4.CH2O/c1-4-20(15-8-6-5-7-9-15)18-16-14(2)12-19(3)13-17(16)10-11-17;1-11-2-4-12(5-3-11)6-7-13-8-9-14(16)10-15(13)17;1-2-3;2*1-2/h4-9,18H,1,10-13H2,2-3H3;2-5,8-10H,6-7H2,1H3;2H,1,3H2;1-2H2;1H2. The molecule has 0 atom stereocenters. The lowest BCUT2D eigenvalue weighted by molar-refractivity contribution is -0.0980. The summed E-state index contributed by atoms with van der Waals surface area (Å²) >= 11 is 12.0. The van der Waals surface area contributed by atoms with Crippen molar-refractivity contribution in [3.05, 3.63) is 150 Å². The van der Waals surface area contributed by atoms with Crippen LogP contribution in [0.5, 0.6) is 0 Å². The van der Waals surface area contributed by atoms with Crippen molar-refractivity contribution in [1.82, 2.24) is 10.3 Å². The van der Waals surface area contributed by atoms with E-state index in [1.807, 2.05) is 36.2 Å².